The van der Waals surface area contributed by atoms with Crippen LogP contribution in [0.1, 0.15) is 27.2 Å². The van der Waals surface area contributed by atoms with Crippen molar-refractivity contribution in [2.45, 2.75) is 32.4 Å². The maximum Gasteiger partial charge on any atom is 0.307 e. The van der Waals surface area contributed by atoms with Crippen molar-refractivity contribution in [2.75, 3.05) is 11.5 Å². The number of aliphatic carboxylic acids is 1. The number of rotatable bonds is 3. The molecule has 2 atom stereocenters. The predicted octanol–water partition coefficient (Wildman–Crippen LogP) is 2.50. The fourth-order valence-corrected chi connectivity index (χ4v) is 4.03. The van der Waals surface area contributed by atoms with Gasteiger partial charge in [0, 0.05) is 22.2 Å². The summed E-state index contributed by atoms with van der Waals surface area (Å²) < 4.78 is 0. The Morgan fingerprint density at radius 3 is 2.50 bits per heavy atom. The molecule has 1 aliphatic heterocycles. The van der Waals surface area contributed by atoms with Crippen molar-refractivity contribution in [1.82, 2.24) is 0 Å². The molecule has 1 rings (SSSR count). The van der Waals surface area contributed by atoms with Gasteiger partial charge < -0.3 is 5.11 Å². The Hall–Kier alpha value is -0.160. The van der Waals surface area contributed by atoms with E-state index in [1.165, 1.54) is 11.8 Å². The summed E-state index contributed by atoms with van der Waals surface area (Å²) in [6, 6.07) is 0. The van der Waals surface area contributed by atoms with E-state index in [0.717, 1.165) is 5.75 Å². The van der Waals surface area contributed by atoms with Gasteiger partial charge in [0.05, 0.1) is 5.92 Å². The Labute approximate surface area is 105 Å². The Morgan fingerprint density at radius 1 is 1.44 bits per heavy atom. The average Bonchev–Trinajstić information content (AvgIpc) is 2.60. The van der Waals surface area contributed by atoms with Crippen molar-refractivity contribution in [2.24, 2.45) is 11.3 Å². The fraction of sp³-hybridized carbons (Fsp3) is 0.818. The van der Waals surface area contributed by atoms with E-state index >= 15 is 0 Å². The third kappa shape index (κ3) is 4.01. The first kappa shape index (κ1) is 13.9. The molecule has 0 aliphatic carbocycles. The zero-order chi connectivity index (χ0) is 12.3. The van der Waals surface area contributed by atoms with E-state index in [-0.39, 0.29) is 16.4 Å². The molecule has 0 spiro atoms. The number of hydrogen-bond acceptors (Lipinski definition) is 4. The average molecular weight is 262 g/mol. The van der Waals surface area contributed by atoms with Gasteiger partial charge in [-0.1, -0.05) is 32.5 Å². The first-order chi connectivity index (χ1) is 7.30. The molecule has 0 saturated carbocycles. The summed E-state index contributed by atoms with van der Waals surface area (Å²) in [4.78, 5) is 22.4. The molecular formula is C11H18O3S2. The highest BCUT2D eigenvalue weighted by molar-refractivity contribution is 8.14. The standard InChI is InChI=1S/C11H18O3S2/c1-11(2,3)10(14)16-6-8-4-7(5-15-8)9(12)13/h7-8H,4-6H2,1-3H3,(H,12,13)/t7-,8+/m0/s1. The van der Waals surface area contributed by atoms with E-state index in [1.807, 2.05) is 20.8 Å². The smallest absolute Gasteiger partial charge is 0.307 e. The van der Waals surface area contributed by atoms with E-state index in [0.29, 0.717) is 17.4 Å². The van der Waals surface area contributed by atoms with E-state index in [2.05, 4.69) is 0 Å². The van der Waals surface area contributed by atoms with Gasteiger partial charge in [-0.2, -0.15) is 11.8 Å². The van der Waals surface area contributed by atoms with E-state index in [9.17, 15) is 9.59 Å². The largest absolute Gasteiger partial charge is 0.481 e. The Morgan fingerprint density at radius 2 is 2.06 bits per heavy atom. The van der Waals surface area contributed by atoms with E-state index in [1.54, 1.807) is 11.8 Å². The van der Waals surface area contributed by atoms with Crippen LogP contribution in [-0.2, 0) is 9.59 Å². The lowest BCUT2D eigenvalue weighted by Gasteiger charge is -2.16. The SMILES string of the molecule is CC(C)(C)C(=O)SC[C@H]1C[C@H](C(=O)O)CS1. The minimum absolute atomic E-state index is 0.187. The molecule has 1 heterocycles. The van der Waals surface area contributed by atoms with Gasteiger partial charge in [-0.3, -0.25) is 9.59 Å². The van der Waals surface area contributed by atoms with Gasteiger partial charge in [-0.15, -0.1) is 0 Å². The van der Waals surface area contributed by atoms with Crippen molar-refractivity contribution in [3.05, 3.63) is 0 Å². The molecule has 1 N–H and O–H groups in total. The monoisotopic (exact) mass is 262 g/mol. The third-order valence-corrected chi connectivity index (χ3v) is 5.52. The maximum absolute atomic E-state index is 11.7. The zero-order valence-corrected chi connectivity index (χ0v) is 11.5. The summed E-state index contributed by atoms with van der Waals surface area (Å²) in [5.74, 6) is 0.497. The van der Waals surface area contributed by atoms with Crippen LogP contribution in [0.2, 0.25) is 0 Å². The van der Waals surface area contributed by atoms with Gasteiger partial charge in [0.15, 0.2) is 5.12 Å². The van der Waals surface area contributed by atoms with Crippen LogP contribution in [0.4, 0.5) is 0 Å². The summed E-state index contributed by atoms with van der Waals surface area (Å²) in [5, 5.41) is 9.35. The molecule has 16 heavy (non-hydrogen) atoms. The van der Waals surface area contributed by atoms with Crippen molar-refractivity contribution in [3.63, 3.8) is 0 Å². The third-order valence-electron chi connectivity index (χ3n) is 2.44. The van der Waals surface area contributed by atoms with Gasteiger partial charge in [0.1, 0.15) is 0 Å². The van der Waals surface area contributed by atoms with Crippen molar-refractivity contribution in [1.29, 1.82) is 0 Å². The van der Waals surface area contributed by atoms with Crippen LogP contribution in [0.15, 0.2) is 0 Å². The predicted molar refractivity (Wildman–Crippen MR) is 68.9 cm³/mol. The Balaban J connectivity index is 2.31. The fourth-order valence-electron chi connectivity index (χ4n) is 1.38. The number of carboxylic acids is 1. The highest BCUT2D eigenvalue weighted by Crippen LogP contribution is 2.35. The minimum atomic E-state index is -0.706. The van der Waals surface area contributed by atoms with Gasteiger partial charge in [0.25, 0.3) is 0 Å². The molecule has 0 amide bonds. The second-order valence-electron chi connectivity index (χ2n) is 5.07. The number of thioether (sulfide) groups is 2. The molecular weight excluding hydrogens is 244 g/mol. The second kappa shape index (κ2) is 5.45. The molecule has 1 fully saturated rings. The topological polar surface area (TPSA) is 54.4 Å². The zero-order valence-electron chi connectivity index (χ0n) is 9.86. The highest BCUT2D eigenvalue weighted by atomic mass is 32.2. The van der Waals surface area contributed by atoms with Gasteiger partial charge in [-0.05, 0) is 6.42 Å². The van der Waals surface area contributed by atoms with Gasteiger partial charge in [-0.25, -0.2) is 0 Å². The highest BCUT2D eigenvalue weighted by Gasteiger charge is 2.31. The van der Waals surface area contributed by atoms with E-state index in [4.69, 9.17) is 5.11 Å². The second-order valence-corrected chi connectivity index (χ2v) is 7.40. The van der Waals surface area contributed by atoms with Crippen molar-refractivity contribution in [3.8, 4) is 0 Å². The van der Waals surface area contributed by atoms with Crippen LogP contribution in [0.25, 0.3) is 0 Å². The summed E-state index contributed by atoms with van der Waals surface area (Å²) in [7, 11) is 0. The normalized spacial score (nSPS) is 25.7. The van der Waals surface area contributed by atoms with Crippen LogP contribution < -0.4 is 0 Å². The first-order valence-electron chi connectivity index (χ1n) is 5.32. The number of hydrogen-bond donors (Lipinski definition) is 1. The lowest BCUT2D eigenvalue weighted by Crippen LogP contribution is -2.19. The number of carbonyl (C=O) groups excluding carboxylic acids is 1. The molecule has 0 bridgehead atoms. The molecule has 0 aromatic carbocycles. The van der Waals surface area contributed by atoms with Crippen LogP contribution in [0.5, 0.6) is 0 Å². The summed E-state index contributed by atoms with van der Waals surface area (Å²) >= 11 is 3.02. The molecule has 0 aromatic heterocycles. The molecule has 1 saturated heterocycles. The molecule has 0 unspecified atom stereocenters. The van der Waals surface area contributed by atoms with Gasteiger partial charge in [0.2, 0.25) is 0 Å². The Bertz CT molecular complexity index is 283. The molecule has 1 aliphatic rings. The van der Waals surface area contributed by atoms with Crippen LogP contribution in [0, 0.1) is 11.3 Å². The quantitative estimate of drug-likeness (QED) is 0.847. The van der Waals surface area contributed by atoms with Crippen molar-refractivity contribution >= 4 is 34.6 Å². The van der Waals surface area contributed by atoms with Crippen LogP contribution in [-0.4, -0.2) is 32.9 Å². The Kier molecular flexibility index (Phi) is 4.73. The maximum atomic E-state index is 11.7. The van der Waals surface area contributed by atoms with Crippen molar-refractivity contribution < 1.29 is 14.7 Å². The number of carboxylic acid groups (broad SMARTS) is 1. The van der Waals surface area contributed by atoms with Gasteiger partial charge >= 0.3 is 5.97 Å². The molecule has 92 valence electrons. The lowest BCUT2D eigenvalue weighted by molar-refractivity contribution is -0.140. The van der Waals surface area contributed by atoms with Crippen LogP contribution in [0.3, 0.4) is 0 Å². The number of carbonyl (C=O) groups is 2. The summed E-state index contributed by atoms with van der Waals surface area (Å²) in [6.45, 7) is 5.72. The molecule has 0 radical (unpaired) electrons. The summed E-state index contributed by atoms with van der Waals surface area (Å²) in [5.41, 5.74) is -0.305. The lowest BCUT2D eigenvalue weighted by atomic mass is 10.00. The van der Waals surface area contributed by atoms with Crippen LogP contribution >= 0.6 is 23.5 Å². The summed E-state index contributed by atoms with van der Waals surface area (Å²) in [6.07, 6.45) is 0.699. The molecule has 3 nitrogen and oxygen atoms in total. The molecule has 5 heteroatoms. The first-order valence-corrected chi connectivity index (χ1v) is 7.36. The van der Waals surface area contributed by atoms with E-state index < -0.39 is 5.97 Å². The molecule has 0 aromatic rings. The minimum Gasteiger partial charge on any atom is -0.481 e.